The summed E-state index contributed by atoms with van der Waals surface area (Å²) in [7, 11) is 2.06. The van der Waals surface area contributed by atoms with E-state index in [-0.39, 0.29) is 12.1 Å². The highest BCUT2D eigenvalue weighted by Gasteiger charge is 2.29. The monoisotopic (exact) mass is 318 g/mol. The van der Waals surface area contributed by atoms with Gasteiger partial charge in [0, 0.05) is 50.7 Å². The SMILES string of the molecule is CC(CCc1cccn1C)NC(=O)NC1CCN(CC2CC2)C1. The molecule has 2 unspecified atom stereocenters. The zero-order valence-corrected chi connectivity index (χ0v) is 14.4. The molecule has 0 spiro atoms. The molecule has 2 fully saturated rings. The molecule has 1 aliphatic carbocycles. The number of urea groups is 1. The van der Waals surface area contributed by atoms with E-state index >= 15 is 0 Å². The Morgan fingerprint density at radius 1 is 1.39 bits per heavy atom. The lowest BCUT2D eigenvalue weighted by molar-refractivity contribution is 0.232. The normalized spacial score (nSPS) is 23.0. The smallest absolute Gasteiger partial charge is 0.315 e. The first kappa shape index (κ1) is 16.4. The summed E-state index contributed by atoms with van der Waals surface area (Å²) in [5.74, 6) is 0.931. The summed E-state index contributed by atoms with van der Waals surface area (Å²) in [6.45, 7) is 5.45. The molecule has 0 radical (unpaired) electrons. The fourth-order valence-electron chi connectivity index (χ4n) is 3.43. The first-order valence-electron chi connectivity index (χ1n) is 8.99. The molecule has 1 aliphatic heterocycles. The van der Waals surface area contributed by atoms with Crippen molar-refractivity contribution in [2.24, 2.45) is 13.0 Å². The molecule has 1 aromatic heterocycles. The van der Waals surface area contributed by atoms with Gasteiger partial charge in [-0.1, -0.05) is 0 Å². The third-order valence-electron chi connectivity index (χ3n) is 5.08. The second-order valence-electron chi connectivity index (χ2n) is 7.36. The van der Waals surface area contributed by atoms with Crippen LogP contribution in [0, 0.1) is 5.92 Å². The molecule has 2 atom stereocenters. The fourth-order valence-corrected chi connectivity index (χ4v) is 3.43. The lowest BCUT2D eigenvalue weighted by Crippen LogP contribution is -2.46. The van der Waals surface area contributed by atoms with Crippen LogP contribution >= 0.6 is 0 Å². The van der Waals surface area contributed by atoms with E-state index in [4.69, 9.17) is 0 Å². The maximum atomic E-state index is 12.1. The predicted molar refractivity (Wildman–Crippen MR) is 92.4 cm³/mol. The topological polar surface area (TPSA) is 49.3 Å². The standard InChI is InChI=1S/C18H30N4O/c1-14(5-8-17-4-3-10-21(17)2)19-18(23)20-16-9-11-22(13-16)12-15-6-7-15/h3-4,10,14-16H,5-9,11-13H2,1-2H3,(H2,19,20,23). The minimum atomic E-state index is -0.0114. The van der Waals surface area contributed by atoms with Crippen LogP contribution in [0.25, 0.3) is 0 Å². The number of rotatable bonds is 7. The summed E-state index contributed by atoms with van der Waals surface area (Å²) in [6, 6.07) is 4.69. The number of carbonyl (C=O) groups excluding carboxylic acids is 1. The van der Waals surface area contributed by atoms with Crippen LogP contribution in [-0.2, 0) is 13.5 Å². The minimum Gasteiger partial charge on any atom is -0.354 e. The van der Waals surface area contributed by atoms with Crippen molar-refractivity contribution < 1.29 is 4.79 Å². The molecule has 23 heavy (non-hydrogen) atoms. The number of aromatic nitrogens is 1. The summed E-state index contributed by atoms with van der Waals surface area (Å²) < 4.78 is 2.14. The van der Waals surface area contributed by atoms with Gasteiger partial charge in [0.15, 0.2) is 0 Å². The van der Waals surface area contributed by atoms with Gasteiger partial charge in [-0.3, -0.25) is 0 Å². The van der Waals surface area contributed by atoms with Gasteiger partial charge in [-0.05, 0) is 57.1 Å². The summed E-state index contributed by atoms with van der Waals surface area (Å²) in [5.41, 5.74) is 1.31. The first-order chi connectivity index (χ1) is 11.1. The van der Waals surface area contributed by atoms with Crippen LogP contribution in [0.1, 0.15) is 38.3 Å². The van der Waals surface area contributed by atoms with Crippen LogP contribution in [0.2, 0.25) is 0 Å². The van der Waals surface area contributed by atoms with Crippen LogP contribution in [0.5, 0.6) is 0 Å². The van der Waals surface area contributed by atoms with E-state index in [9.17, 15) is 4.79 Å². The van der Waals surface area contributed by atoms with Gasteiger partial charge >= 0.3 is 6.03 Å². The molecule has 0 aromatic carbocycles. The van der Waals surface area contributed by atoms with E-state index in [1.165, 1.54) is 25.1 Å². The second-order valence-corrected chi connectivity index (χ2v) is 7.36. The molecule has 128 valence electrons. The summed E-state index contributed by atoms with van der Waals surface area (Å²) in [5, 5.41) is 6.22. The highest BCUT2D eigenvalue weighted by Crippen LogP contribution is 2.30. The Labute approximate surface area is 139 Å². The summed E-state index contributed by atoms with van der Waals surface area (Å²) in [4.78, 5) is 14.6. The van der Waals surface area contributed by atoms with Gasteiger partial charge in [0.05, 0.1) is 0 Å². The quantitative estimate of drug-likeness (QED) is 0.809. The number of aryl methyl sites for hydroxylation is 2. The molecule has 1 saturated carbocycles. The van der Waals surface area contributed by atoms with Crippen molar-refractivity contribution in [3.05, 3.63) is 24.0 Å². The van der Waals surface area contributed by atoms with Gasteiger partial charge in [-0.15, -0.1) is 0 Å². The lowest BCUT2D eigenvalue weighted by Gasteiger charge is -2.19. The largest absolute Gasteiger partial charge is 0.354 e. The van der Waals surface area contributed by atoms with E-state index in [1.807, 2.05) is 0 Å². The molecule has 1 aromatic rings. The average molecular weight is 318 g/mol. The van der Waals surface area contributed by atoms with E-state index in [2.05, 4.69) is 52.4 Å². The highest BCUT2D eigenvalue weighted by molar-refractivity contribution is 5.74. The third kappa shape index (κ3) is 4.99. The van der Waals surface area contributed by atoms with E-state index < -0.39 is 0 Å². The Bertz CT molecular complexity index is 523. The molecule has 2 aliphatic rings. The molecule has 5 nitrogen and oxygen atoms in total. The lowest BCUT2D eigenvalue weighted by atomic mass is 10.1. The van der Waals surface area contributed by atoms with Crippen LogP contribution in [0.3, 0.4) is 0 Å². The Balaban J connectivity index is 1.33. The van der Waals surface area contributed by atoms with Crippen molar-refractivity contribution in [2.45, 2.75) is 51.1 Å². The van der Waals surface area contributed by atoms with Crippen molar-refractivity contribution in [3.8, 4) is 0 Å². The molecule has 1 saturated heterocycles. The van der Waals surface area contributed by atoms with Crippen molar-refractivity contribution in [3.63, 3.8) is 0 Å². The number of hydrogen-bond donors (Lipinski definition) is 2. The number of hydrogen-bond acceptors (Lipinski definition) is 2. The van der Waals surface area contributed by atoms with E-state index in [0.29, 0.717) is 6.04 Å². The van der Waals surface area contributed by atoms with Gasteiger partial charge in [-0.25, -0.2) is 4.79 Å². The zero-order valence-electron chi connectivity index (χ0n) is 14.4. The van der Waals surface area contributed by atoms with Gasteiger partial charge in [0.2, 0.25) is 0 Å². The molecule has 2 heterocycles. The number of carbonyl (C=O) groups is 1. The molecule has 3 rings (SSSR count). The highest BCUT2D eigenvalue weighted by atomic mass is 16.2. The van der Waals surface area contributed by atoms with Crippen molar-refractivity contribution >= 4 is 6.03 Å². The molecule has 0 bridgehead atoms. The van der Waals surface area contributed by atoms with Crippen molar-refractivity contribution in [1.29, 1.82) is 0 Å². The molecular formula is C18H30N4O. The van der Waals surface area contributed by atoms with Crippen LogP contribution in [0.4, 0.5) is 4.79 Å². The number of nitrogens with one attached hydrogen (secondary N) is 2. The Morgan fingerprint density at radius 2 is 2.22 bits per heavy atom. The van der Waals surface area contributed by atoms with Gasteiger partial charge in [0.25, 0.3) is 0 Å². The van der Waals surface area contributed by atoms with E-state index in [0.717, 1.165) is 38.3 Å². The van der Waals surface area contributed by atoms with Gasteiger partial charge in [0.1, 0.15) is 0 Å². The molecule has 2 N–H and O–H groups in total. The number of nitrogens with zero attached hydrogens (tertiary/aromatic N) is 2. The summed E-state index contributed by atoms with van der Waals surface area (Å²) >= 11 is 0. The number of likely N-dealkylation sites (tertiary alicyclic amines) is 1. The van der Waals surface area contributed by atoms with Gasteiger partial charge < -0.3 is 20.1 Å². The molecular weight excluding hydrogens is 288 g/mol. The van der Waals surface area contributed by atoms with Crippen LogP contribution in [-0.4, -0.2) is 47.2 Å². The van der Waals surface area contributed by atoms with Crippen molar-refractivity contribution in [1.82, 2.24) is 20.1 Å². The summed E-state index contributed by atoms with van der Waals surface area (Å²) in [6.07, 6.45) is 7.89. The Morgan fingerprint density at radius 3 is 2.91 bits per heavy atom. The molecule has 2 amide bonds. The predicted octanol–water partition coefficient (Wildman–Crippen LogP) is 2.13. The Hall–Kier alpha value is -1.49. The zero-order chi connectivity index (χ0) is 16.2. The van der Waals surface area contributed by atoms with Gasteiger partial charge in [-0.2, -0.15) is 0 Å². The fraction of sp³-hybridized carbons (Fsp3) is 0.722. The van der Waals surface area contributed by atoms with Crippen molar-refractivity contribution in [2.75, 3.05) is 19.6 Å². The second kappa shape index (κ2) is 7.39. The maximum absolute atomic E-state index is 12.1. The molecule has 5 heteroatoms. The first-order valence-corrected chi connectivity index (χ1v) is 8.99. The Kier molecular flexibility index (Phi) is 5.26. The maximum Gasteiger partial charge on any atom is 0.315 e. The minimum absolute atomic E-state index is 0.0114. The van der Waals surface area contributed by atoms with Crippen LogP contribution < -0.4 is 10.6 Å². The van der Waals surface area contributed by atoms with E-state index in [1.54, 1.807) is 0 Å². The van der Waals surface area contributed by atoms with Crippen LogP contribution in [0.15, 0.2) is 18.3 Å². The third-order valence-corrected chi connectivity index (χ3v) is 5.08. The number of amides is 2. The average Bonchev–Trinajstić information content (AvgIpc) is 3.05.